The molecule has 1 amide bonds. The molecular formula is C20H22ClFN2O2. The zero-order valence-electron chi connectivity index (χ0n) is 14.4. The lowest BCUT2D eigenvalue weighted by molar-refractivity contribution is -0.134. The van der Waals surface area contributed by atoms with Gasteiger partial charge in [-0.15, -0.1) is 12.4 Å². The van der Waals surface area contributed by atoms with Crippen LogP contribution in [0.15, 0.2) is 54.6 Å². The molecule has 2 aromatic carbocycles. The zero-order chi connectivity index (χ0) is 17.6. The Hall–Kier alpha value is -2.24. The number of ketones is 1. The molecule has 1 fully saturated rings. The Morgan fingerprint density at radius 3 is 2.58 bits per heavy atom. The van der Waals surface area contributed by atoms with Crippen molar-refractivity contribution in [3.05, 3.63) is 71.5 Å². The molecule has 26 heavy (non-hydrogen) atoms. The highest BCUT2D eigenvalue weighted by Crippen LogP contribution is 2.24. The SMILES string of the molecule is Cl.O=C(CCC(=O)N1CCNCC1c1cccc(F)c1)c1ccccc1. The molecule has 0 aliphatic carbocycles. The molecule has 1 heterocycles. The molecule has 6 heteroatoms. The van der Waals surface area contributed by atoms with Crippen LogP contribution in [0.4, 0.5) is 4.39 Å². The van der Waals surface area contributed by atoms with E-state index in [0.717, 1.165) is 5.56 Å². The van der Waals surface area contributed by atoms with Gasteiger partial charge >= 0.3 is 0 Å². The van der Waals surface area contributed by atoms with E-state index in [1.54, 1.807) is 23.1 Å². The third-order valence-corrected chi connectivity index (χ3v) is 4.46. The average molecular weight is 377 g/mol. The summed E-state index contributed by atoms with van der Waals surface area (Å²) in [7, 11) is 0. The molecule has 3 rings (SSSR count). The number of amides is 1. The van der Waals surface area contributed by atoms with Crippen LogP contribution in [0.3, 0.4) is 0 Å². The number of nitrogens with zero attached hydrogens (tertiary/aromatic N) is 1. The van der Waals surface area contributed by atoms with Gasteiger partial charge in [0.1, 0.15) is 5.82 Å². The standard InChI is InChI=1S/C20H21FN2O2.ClH/c21-17-8-4-7-16(13-17)18-14-22-11-12-23(18)20(25)10-9-19(24)15-5-2-1-3-6-15;/h1-8,13,18,22H,9-12,14H2;1H. The summed E-state index contributed by atoms with van der Waals surface area (Å²) in [5, 5.41) is 3.25. The van der Waals surface area contributed by atoms with E-state index in [2.05, 4.69) is 5.32 Å². The van der Waals surface area contributed by atoms with Gasteiger partial charge in [0.15, 0.2) is 5.78 Å². The molecule has 0 spiro atoms. The first-order valence-electron chi connectivity index (χ1n) is 8.49. The Morgan fingerprint density at radius 2 is 1.85 bits per heavy atom. The molecule has 138 valence electrons. The maximum atomic E-state index is 13.5. The maximum Gasteiger partial charge on any atom is 0.223 e. The van der Waals surface area contributed by atoms with Gasteiger partial charge in [-0.1, -0.05) is 42.5 Å². The Labute approximate surface area is 158 Å². The van der Waals surface area contributed by atoms with Crippen molar-refractivity contribution in [1.29, 1.82) is 0 Å². The predicted octanol–water partition coefficient (Wildman–Crippen LogP) is 3.38. The molecule has 1 aliphatic heterocycles. The molecule has 1 atom stereocenters. The van der Waals surface area contributed by atoms with Crippen LogP contribution < -0.4 is 5.32 Å². The third-order valence-electron chi connectivity index (χ3n) is 4.46. The van der Waals surface area contributed by atoms with Crippen molar-refractivity contribution >= 4 is 24.1 Å². The van der Waals surface area contributed by atoms with Crippen molar-refractivity contribution in [2.75, 3.05) is 19.6 Å². The Morgan fingerprint density at radius 1 is 1.08 bits per heavy atom. The van der Waals surface area contributed by atoms with Crippen molar-refractivity contribution < 1.29 is 14.0 Å². The minimum atomic E-state index is -0.310. The van der Waals surface area contributed by atoms with Crippen LogP contribution in [-0.2, 0) is 4.79 Å². The number of piperazine rings is 1. The summed E-state index contributed by atoms with van der Waals surface area (Å²) in [5.74, 6) is -0.416. The molecule has 1 unspecified atom stereocenters. The van der Waals surface area contributed by atoms with Gasteiger partial charge < -0.3 is 10.2 Å². The monoisotopic (exact) mass is 376 g/mol. The lowest BCUT2D eigenvalue weighted by Crippen LogP contribution is -2.48. The fourth-order valence-electron chi connectivity index (χ4n) is 3.15. The number of halogens is 2. The van der Waals surface area contributed by atoms with Crippen LogP contribution in [-0.4, -0.2) is 36.2 Å². The van der Waals surface area contributed by atoms with E-state index in [9.17, 15) is 14.0 Å². The molecule has 0 saturated carbocycles. The highest BCUT2D eigenvalue weighted by atomic mass is 35.5. The average Bonchev–Trinajstić information content (AvgIpc) is 2.66. The zero-order valence-corrected chi connectivity index (χ0v) is 15.2. The molecule has 1 aliphatic rings. The van der Waals surface area contributed by atoms with Gasteiger partial charge in [0.25, 0.3) is 0 Å². The summed E-state index contributed by atoms with van der Waals surface area (Å²) in [6.07, 6.45) is 0.349. The van der Waals surface area contributed by atoms with E-state index in [0.29, 0.717) is 25.2 Å². The highest BCUT2D eigenvalue weighted by molar-refractivity contribution is 5.97. The summed E-state index contributed by atoms with van der Waals surface area (Å²) >= 11 is 0. The molecule has 0 aromatic heterocycles. The minimum absolute atomic E-state index is 0. The molecule has 0 radical (unpaired) electrons. The summed E-state index contributed by atoms with van der Waals surface area (Å²) in [5.41, 5.74) is 1.40. The van der Waals surface area contributed by atoms with E-state index < -0.39 is 0 Å². The van der Waals surface area contributed by atoms with E-state index >= 15 is 0 Å². The summed E-state index contributed by atoms with van der Waals surface area (Å²) in [6.45, 7) is 1.84. The Kier molecular flexibility index (Phi) is 7.30. The number of nitrogens with one attached hydrogen (secondary N) is 1. The number of rotatable bonds is 5. The minimum Gasteiger partial charge on any atom is -0.333 e. The van der Waals surface area contributed by atoms with E-state index in [1.807, 2.05) is 24.3 Å². The number of carbonyl (C=O) groups is 2. The maximum absolute atomic E-state index is 13.5. The van der Waals surface area contributed by atoms with Crippen LogP contribution >= 0.6 is 12.4 Å². The van der Waals surface area contributed by atoms with Crippen LogP contribution in [0, 0.1) is 5.82 Å². The van der Waals surface area contributed by atoms with Gasteiger partial charge in [0, 0.05) is 38.0 Å². The van der Waals surface area contributed by atoms with Gasteiger partial charge in [0.05, 0.1) is 6.04 Å². The van der Waals surface area contributed by atoms with Gasteiger partial charge in [-0.2, -0.15) is 0 Å². The fraction of sp³-hybridized carbons (Fsp3) is 0.300. The van der Waals surface area contributed by atoms with Crippen molar-refractivity contribution in [2.45, 2.75) is 18.9 Å². The fourth-order valence-corrected chi connectivity index (χ4v) is 3.15. The van der Waals surface area contributed by atoms with E-state index in [4.69, 9.17) is 0 Å². The normalized spacial score (nSPS) is 16.7. The van der Waals surface area contributed by atoms with Crippen molar-refractivity contribution in [3.63, 3.8) is 0 Å². The van der Waals surface area contributed by atoms with Crippen LogP contribution in [0.25, 0.3) is 0 Å². The predicted molar refractivity (Wildman–Crippen MR) is 101 cm³/mol. The van der Waals surface area contributed by atoms with Gasteiger partial charge in [0.2, 0.25) is 5.91 Å². The van der Waals surface area contributed by atoms with Gasteiger partial charge in [-0.25, -0.2) is 4.39 Å². The largest absolute Gasteiger partial charge is 0.333 e. The summed E-state index contributed by atoms with van der Waals surface area (Å²) in [6, 6.07) is 15.1. The van der Waals surface area contributed by atoms with Crippen molar-refractivity contribution in [3.8, 4) is 0 Å². The second-order valence-corrected chi connectivity index (χ2v) is 6.15. The number of hydrogen-bond acceptors (Lipinski definition) is 3. The Bertz CT molecular complexity index is 754. The molecule has 0 bridgehead atoms. The van der Waals surface area contributed by atoms with Gasteiger partial charge in [-0.3, -0.25) is 9.59 Å². The molecule has 1 N–H and O–H groups in total. The first-order valence-corrected chi connectivity index (χ1v) is 8.49. The third kappa shape index (κ3) is 4.90. The molecule has 4 nitrogen and oxygen atoms in total. The summed E-state index contributed by atoms with van der Waals surface area (Å²) < 4.78 is 13.5. The lowest BCUT2D eigenvalue weighted by atomic mass is 10.0. The second-order valence-electron chi connectivity index (χ2n) is 6.15. The smallest absolute Gasteiger partial charge is 0.223 e. The summed E-state index contributed by atoms with van der Waals surface area (Å²) in [4.78, 5) is 26.6. The van der Waals surface area contributed by atoms with Crippen LogP contribution in [0.2, 0.25) is 0 Å². The first-order chi connectivity index (χ1) is 12.1. The first kappa shape index (κ1) is 20.1. The van der Waals surface area contributed by atoms with E-state index in [-0.39, 0.29) is 48.8 Å². The number of benzene rings is 2. The highest BCUT2D eigenvalue weighted by Gasteiger charge is 2.28. The van der Waals surface area contributed by atoms with Crippen LogP contribution in [0.5, 0.6) is 0 Å². The number of hydrogen-bond donors (Lipinski definition) is 1. The van der Waals surface area contributed by atoms with E-state index in [1.165, 1.54) is 12.1 Å². The van der Waals surface area contributed by atoms with Crippen molar-refractivity contribution in [2.24, 2.45) is 0 Å². The van der Waals surface area contributed by atoms with Crippen molar-refractivity contribution in [1.82, 2.24) is 10.2 Å². The lowest BCUT2D eigenvalue weighted by Gasteiger charge is -2.36. The Balaban J connectivity index is 0.00000243. The van der Waals surface area contributed by atoms with Gasteiger partial charge in [-0.05, 0) is 17.7 Å². The quantitative estimate of drug-likeness (QED) is 0.814. The second kappa shape index (κ2) is 9.46. The topological polar surface area (TPSA) is 49.4 Å². The van der Waals surface area contributed by atoms with Crippen LogP contribution in [0.1, 0.15) is 34.8 Å². The number of Topliss-reactive ketones (excluding diaryl/α,β-unsaturated/α-hetero) is 1. The number of carbonyl (C=O) groups excluding carboxylic acids is 2. The molecule has 2 aromatic rings. The molecular weight excluding hydrogens is 355 g/mol. The molecule has 1 saturated heterocycles.